The molecule has 0 amide bonds. The molecular formula is C15H9F3N2O2S2. The van der Waals surface area contributed by atoms with Crippen molar-refractivity contribution in [3.05, 3.63) is 65.3 Å². The van der Waals surface area contributed by atoms with E-state index in [1.54, 1.807) is 0 Å². The second kappa shape index (κ2) is 6.25. The van der Waals surface area contributed by atoms with Gasteiger partial charge in [-0.05, 0) is 36.4 Å². The molecule has 0 unspecified atom stereocenters. The Morgan fingerprint density at radius 3 is 2.29 bits per heavy atom. The van der Waals surface area contributed by atoms with E-state index in [4.69, 9.17) is 0 Å². The Labute approximate surface area is 139 Å². The normalized spacial score (nSPS) is 11.5. The summed E-state index contributed by atoms with van der Waals surface area (Å²) in [7, 11) is -3.94. The maximum Gasteiger partial charge on any atom is 0.263 e. The highest BCUT2D eigenvalue weighted by Crippen LogP contribution is 2.28. The SMILES string of the molecule is O=S(=O)(Nc1nc(-c2ccc(F)cc2F)cs1)c1ccc(F)cc1. The number of rotatable bonds is 4. The summed E-state index contributed by atoms with van der Waals surface area (Å²) in [5.41, 5.74) is 0.231. The number of benzene rings is 2. The molecule has 0 aliphatic rings. The first-order valence-electron chi connectivity index (χ1n) is 6.54. The van der Waals surface area contributed by atoms with Crippen LogP contribution in [0.15, 0.2) is 52.7 Å². The molecule has 0 radical (unpaired) electrons. The summed E-state index contributed by atoms with van der Waals surface area (Å²) in [6.07, 6.45) is 0. The van der Waals surface area contributed by atoms with Crippen LogP contribution in [0.5, 0.6) is 0 Å². The van der Waals surface area contributed by atoms with E-state index in [1.165, 1.54) is 11.4 Å². The number of thiazole rings is 1. The highest BCUT2D eigenvalue weighted by Gasteiger charge is 2.17. The average Bonchev–Trinajstić information content (AvgIpc) is 2.95. The highest BCUT2D eigenvalue weighted by molar-refractivity contribution is 7.93. The maximum absolute atomic E-state index is 13.7. The summed E-state index contributed by atoms with van der Waals surface area (Å²) in [4.78, 5) is 3.86. The van der Waals surface area contributed by atoms with Gasteiger partial charge in [-0.25, -0.2) is 26.6 Å². The Bertz CT molecular complexity index is 986. The van der Waals surface area contributed by atoms with Gasteiger partial charge in [0.15, 0.2) is 5.13 Å². The minimum atomic E-state index is -3.94. The van der Waals surface area contributed by atoms with Crippen molar-refractivity contribution in [1.82, 2.24) is 4.98 Å². The van der Waals surface area contributed by atoms with Gasteiger partial charge >= 0.3 is 0 Å². The van der Waals surface area contributed by atoms with Crippen molar-refractivity contribution in [1.29, 1.82) is 0 Å². The molecule has 4 nitrogen and oxygen atoms in total. The molecule has 1 N–H and O–H groups in total. The second-order valence-electron chi connectivity index (χ2n) is 4.72. The van der Waals surface area contributed by atoms with Crippen LogP contribution in [0, 0.1) is 17.5 Å². The number of anilines is 1. The average molecular weight is 370 g/mol. The maximum atomic E-state index is 13.7. The van der Waals surface area contributed by atoms with Gasteiger partial charge in [-0.1, -0.05) is 0 Å². The van der Waals surface area contributed by atoms with E-state index in [1.807, 2.05) is 0 Å². The van der Waals surface area contributed by atoms with Gasteiger partial charge in [0.25, 0.3) is 10.0 Å². The van der Waals surface area contributed by atoms with E-state index in [-0.39, 0.29) is 21.3 Å². The molecule has 2 aromatic carbocycles. The predicted octanol–water partition coefficient (Wildman–Crippen LogP) is 4.03. The lowest BCUT2D eigenvalue weighted by molar-refractivity contribution is 0.585. The quantitative estimate of drug-likeness (QED) is 0.754. The minimum Gasteiger partial charge on any atom is -0.255 e. The Morgan fingerprint density at radius 2 is 1.62 bits per heavy atom. The molecule has 3 rings (SSSR count). The first-order chi connectivity index (χ1) is 11.3. The fourth-order valence-corrected chi connectivity index (χ4v) is 3.89. The molecule has 1 heterocycles. The van der Waals surface area contributed by atoms with E-state index >= 15 is 0 Å². The van der Waals surface area contributed by atoms with Gasteiger partial charge in [0.05, 0.1) is 10.6 Å². The third-order valence-electron chi connectivity index (χ3n) is 3.06. The molecule has 24 heavy (non-hydrogen) atoms. The van der Waals surface area contributed by atoms with E-state index in [9.17, 15) is 21.6 Å². The van der Waals surface area contributed by atoms with Gasteiger partial charge in [0, 0.05) is 17.0 Å². The van der Waals surface area contributed by atoms with Gasteiger partial charge < -0.3 is 0 Å². The smallest absolute Gasteiger partial charge is 0.255 e. The van der Waals surface area contributed by atoms with E-state index in [0.29, 0.717) is 0 Å². The lowest BCUT2D eigenvalue weighted by Gasteiger charge is -2.04. The van der Waals surface area contributed by atoms with Crippen molar-refractivity contribution >= 4 is 26.5 Å². The summed E-state index contributed by atoms with van der Waals surface area (Å²) < 4.78 is 66.1. The zero-order valence-electron chi connectivity index (χ0n) is 11.8. The lowest BCUT2D eigenvalue weighted by Crippen LogP contribution is -2.12. The molecule has 9 heteroatoms. The van der Waals surface area contributed by atoms with E-state index in [0.717, 1.165) is 47.7 Å². The molecule has 0 atom stereocenters. The number of hydrogen-bond acceptors (Lipinski definition) is 4. The predicted molar refractivity (Wildman–Crippen MR) is 84.7 cm³/mol. The van der Waals surface area contributed by atoms with Crippen molar-refractivity contribution in [3.63, 3.8) is 0 Å². The summed E-state index contributed by atoms with van der Waals surface area (Å²) in [6, 6.07) is 7.30. The number of aromatic nitrogens is 1. The van der Waals surface area contributed by atoms with Gasteiger partial charge in [-0.3, -0.25) is 4.72 Å². The molecule has 124 valence electrons. The molecular weight excluding hydrogens is 361 g/mol. The van der Waals surface area contributed by atoms with Crippen LogP contribution in [0.3, 0.4) is 0 Å². The Hall–Kier alpha value is -2.39. The third-order valence-corrected chi connectivity index (χ3v) is 5.30. The minimum absolute atomic E-state index is 0.0121. The van der Waals surface area contributed by atoms with Crippen molar-refractivity contribution in [2.24, 2.45) is 0 Å². The molecule has 0 spiro atoms. The fraction of sp³-hybridized carbons (Fsp3) is 0. The summed E-state index contributed by atoms with van der Waals surface area (Å²) in [5.74, 6) is -2.07. The first-order valence-corrected chi connectivity index (χ1v) is 8.91. The number of halogens is 3. The molecule has 0 bridgehead atoms. The molecule has 0 fully saturated rings. The monoisotopic (exact) mass is 370 g/mol. The molecule has 0 aliphatic carbocycles. The van der Waals surface area contributed by atoms with Gasteiger partial charge in [-0.2, -0.15) is 0 Å². The van der Waals surface area contributed by atoms with Gasteiger partial charge in [0.2, 0.25) is 0 Å². The summed E-state index contributed by atoms with van der Waals surface area (Å²) >= 11 is 0.946. The molecule has 0 saturated carbocycles. The Kier molecular flexibility index (Phi) is 4.29. The third kappa shape index (κ3) is 3.41. The van der Waals surface area contributed by atoms with E-state index < -0.39 is 27.5 Å². The van der Waals surface area contributed by atoms with Crippen LogP contribution in [-0.4, -0.2) is 13.4 Å². The van der Waals surface area contributed by atoms with Crippen LogP contribution in [0.1, 0.15) is 0 Å². The fourth-order valence-electron chi connectivity index (χ4n) is 1.93. The van der Waals surface area contributed by atoms with Crippen LogP contribution in [0.2, 0.25) is 0 Å². The summed E-state index contributed by atoms with van der Waals surface area (Å²) in [5, 5.41) is 1.46. The molecule has 3 aromatic rings. The van der Waals surface area contributed by atoms with Gasteiger partial charge in [0.1, 0.15) is 17.5 Å². The van der Waals surface area contributed by atoms with Crippen LogP contribution in [0.4, 0.5) is 18.3 Å². The Balaban J connectivity index is 1.87. The van der Waals surface area contributed by atoms with Crippen molar-refractivity contribution in [3.8, 4) is 11.3 Å². The number of sulfonamides is 1. The zero-order chi connectivity index (χ0) is 17.3. The number of hydrogen-bond donors (Lipinski definition) is 1. The van der Waals surface area contributed by atoms with Crippen molar-refractivity contribution in [2.75, 3.05) is 4.72 Å². The van der Waals surface area contributed by atoms with Crippen molar-refractivity contribution < 1.29 is 21.6 Å². The summed E-state index contributed by atoms with van der Waals surface area (Å²) in [6.45, 7) is 0. The molecule has 0 aliphatic heterocycles. The van der Waals surface area contributed by atoms with Crippen LogP contribution >= 0.6 is 11.3 Å². The highest BCUT2D eigenvalue weighted by atomic mass is 32.2. The number of nitrogens with one attached hydrogen (secondary N) is 1. The lowest BCUT2D eigenvalue weighted by atomic mass is 10.1. The van der Waals surface area contributed by atoms with Crippen LogP contribution in [-0.2, 0) is 10.0 Å². The van der Waals surface area contributed by atoms with Crippen molar-refractivity contribution in [2.45, 2.75) is 4.90 Å². The topological polar surface area (TPSA) is 59.1 Å². The Morgan fingerprint density at radius 1 is 0.958 bits per heavy atom. The zero-order valence-corrected chi connectivity index (χ0v) is 13.5. The first kappa shape index (κ1) is 16.5. The molecule has 1 aromatic heterocycles. The van der Waals surface area contributed by atoms with Crippen LogP contribution in [0.25, 0.3) is 11.3 Å². The molecule has 0 saturated heterocycles. The largest absolute Gasteiger partial charge is 0.263 e. The second-order valence-corrected chi connectivity index (χ2v) is 7.26. The number of nitrogens with zero attached hydrogens (tertiary/aromatic N) is 1. The van der Waals surface area contributed by atoms with Gasteiger partial charge in [-0.15, -0.1) is 11.3 Å². The standard InChI is InChI=1S/C15H9F3N2O2S2/c16-9-1-4-11(5-2-9)24(21,22)20-15-19-14(8-23-15)12-6-3-10(17)7-13(12)18/h1-8H,(H,19,20). The van der Waals surface area contributed by atoms with Crippen LogP contribution < -0.4 is 4.72 Å². The van der Waals surface area contributed by atoms with E-state index in [2.05, 4.69) is 9.71 Å².